The highest BCUT2D eigenvalue weighted by atomic mass is 16.8. The first-order valence-electron chi connectivity index (χ1n) is 17.2. The third-order valence-electron chi connectivity index (χ3n) is 8.35. The number of carbonyl (C=O) groups is 4. The van der Waals surface area contributed by atoms with Crippen LogP contribution in [0.4, 0.5) is 14.4 Å². The Bertz CT molecular complexity index is 2620. The zero-order valence-corrected chi connectivity index (χ0v) is 31.7. The molecular weight excluding hydrogens is 790 g/mol. The highest BCUT2D eigenvalue weighted by Gasteiger charge is 2.27. The van der Waals surface area contributed by atoms with Gasteiger partial charge in [0.1, 0.15) is 0 Å². The Morgan fingerprint density at radius 1 is 0.644 bits per heavy atom. The molecule has 0 aliphatic carbocycles. The number of aliphatic hydroxyl groups is 1. The predicted molar refractivity (Wildman–Crippen MR) is 198 cm³/mol. The maximum absolute atomic E-state index is 14.3. The summed E-state index contributed by atoms with van der Waals surface area (Å²) in [5.74, 6) is -4.35. The lowest BCUT2D eigenvalue weighted by atomic mass is 10.1. The Hall–Kier alpha value is -7.46. The molecule has 1 N–H and O–H groups in total. The molecule has 0 spiro atoms. The predicted octanol–water partition coefficient (Wildman–Crippen LogP) is 2.58. The van der Waals surface area contributed by atoms with Crippen LogP contribution in [0.1, 0.15) is 23.2 Å². The number of benzene rings is 3. The molecule has 5 aromatic rings. The molecule has 5 rings (SSSR count). The lowest BCUT2D eigenvalue weighted by Crippen LogP contribution is -2.38. The van der Waals surface area contributed by atoms with Gasteiger partial charge in [-0.2, -0.15) is 0 Å². The van der Waals surface area contributed by atoms with E-state index in [1.807, 2.05) is 0 Å². The third kappa shape index (κ3) is 9.75. The van der Waals surface area contributed by atoms with E-state index < -0.39 is 65.0 Å². The summed E-state index contributed by atoms with van der Waals surface area (Å²) in [5, 5.41) is 9.56. The van der Waals surface area contributed by atoms with Crippen LogP contribution >= 0.6 is 0 Å². The summed E-state index contributed by atoms with van der Waals surface area (Å²) in [7, 11) is 4.25. The molecule has 59 heavy (non-hydrogen) atoms. The Kier molecular flexibility index (Phi) is 13.8. The lowest BCUT2D eigenvalue weighted by Gasteiger charge is -2.24. The van der Waals surface area contributed by atoms with E-state index >= 15 is 0 Å². The fourth-order valence-corrected chi connectivity index (χ4v) is 5.62. The largest absolute Gasteiger partial charge is 0.513 e. The maximum Gasteiger partial charge on any atom is 0.513 e. The van der Waals surface area contributed by atoms with Crippen LogP contribution in [0.2, 0.25) is 0 Å². The lowest BCUT2D eigenvalue weighted by molar-refractivity contribution is -0.200. The van der Waals surface area contributed by atoms with Crippen molar-refractivity contribution in [3.05, 3.63) is 102 Å². The Labute approximate surface area is 330 Å². The number of hydrogen-bond donors (Lipinski definition) is 1. The Morgan fingerprint density at radius 3 is 1.63 bits per heavy atom. The molecular formula is C37H35N3O19. The van der Waals surface area contributed by atoms with Crippen LogP contribution in [0.15, 0.2) is 82.6 Å². The van der Waals surface area contributed by atoms with Crippen molar-refractivity contribution in [3.8, 4) is 23.0 Å². The summed E-state index contributed by atoms with van der Waals surface area (Å²) in [4.78, 5) is 104. The van der Waals surface area contributed by atoms with Crippen LogP contribution in [-0.2, 0) is 32.0 Å². The summed E-state index contributed by atoms with van der Waals surface area (Å²) in [6, 6.07) is 11.9. The van der Waals surface area contributed by atoms with Crippen molar-refractivity contribution < 1.29 is 71.0 Å². The standard InChI is InChI=1S/C37H35N3O19/c1-50-34(46)54-23-13-6-11-21-26(23)57-32(44)39(30(21)42)18-8-16-38(29(41)20-10-5-15-25(56-36(48)52-3)28(20)59-37(49)53-4)17-9-19-40-31(43)22-12-7-14-24(55-35(47)51-2)27(22)58-33(40)45/h5-7,10-15,34,46H,8-9,16-19H2,1-4H3. The van der Waals surface area contributed by atoms with Crippen molar-refractivity contribution in [2.45, 2.75) is 32.4 Å². The quantitative estimate of drug-likeness (QED) is 0.0687. The van der Waals surface area contributed by atoms with Crippen molar-refractivity contribution >= 4 is 46.3 Å². The normalized spacial score (nSPS) is 11.4. The number of aromatic nitrogens is 2. The Balaban J connectivity index is 1.47. The average Bonchev–Trinajstić information content (AvgIpc) is 3.23. The summed E-state index contributed by atoms with van der Waals surface area (Å²) in [6.45, 7) is -2.75. The Morgan fingerprint density at radius 2 is 1.10 bits per heavy atom. The van der Waals surface area contributed by atoms with Gasteiger partial charge in [-0.25, -0.2) is 33.1 Å². The summed E-state index contributed by atoms with van der Waals surface area (Å²) in [5.41, 5.74) is -2.46. The van der Waals surface area contributed by atoms with Crippen molar-refractivity contribution in [1.29, 1.82) is 0 Å². The molecule has 0 saturated carbocycles. The number of amides is 1. The van der Waals surface area contributed by atoms with Crippen LogP contribution < -0.4 is 41.6 Å². The van der Waals surface area contributed by atoms with E-state index in [4.69, 9.17) is 27.8 Å². The summed E-state index contributed by atoms with van der Waals surface area (Å²) < 4.78 is 50.9. The molecule has 0 radical (unpaired) electrons. The minimum Gasteiger partial charge on any atom is -0.437 e. The van der Waals surface area contributed by atoms with E-state index in [9.17, 15) is 43.5 Å². The average molecular weight is 826 g/mol. The molecule has 2 heterocycles. The first kappa shape index (κ1) is 42.7. The zero-order valence-electron chi connectivity index (χ0n) is 31.7. The molecule has 0 fully saturated rings. The molecule has 0 aliphatic rings. The molecule has 22 nitrogen and oxygen atoms in total. The second-order valence-electron chi connectivity index (χ2n) is 11.9. The molecule has 0 saturated heterocycles. The van der Waals surface area contributed by atoms with Gasteiger partial charge in [-0.05, 0) is 49.2 Å². The second-order valence-corrected chi connectivity index (χ2v) is 11.9. The van der Waals surface area contributed by atoms with Crippen LogP contribution in [0.25, 0.3) is 21.9 Å². The van der Waals surface area contributed by atoms with E-state index in [1.165, 1.54) is 59.5 Å². The van der Waals surface area contributed by atoms with Gasteiger partial charge in [0.25, 0.3) is 17.0 Å². The van der Waals surface area contributed by atoms with Gasteiger partial charge < -0.3 is 56.7 Å². The summed E-state index contributed by atoms with van der Waals surface area (Å²) in [6.07, 6.45) is -3.77. The summed E-state index contributed by atoms with van der Waals surface area (Å²) >= 11 is 0. The zero-order chi connectivity index (χ0) is 42.8. The number of methoxy groups -OCH3 is 4. The highest BCUT2D eigenvalue weighted by molar-refractivity contribution is 5.98. The van der Waals surface area contributed by atoms with E-state index in [-0.39, 0.29) is 78.0 Å². The van der Waals surface area contributed by atoms with Crippen LogP contribution in [0, 0.1) is 0 Å². The van der Waals surface area contributed by atoms with Gasteiger partial charge in [-0.15, -0.1) is 0 Å². The molecule has 1 unspecified atom stereocenters. The highest BCUT2D eigenvalue weighted by Crippen LogP contribution is 2.33. The molecule has 2 aromatic heterocycles. The monoisotopic (exact) mass is 825 g/mol. The van der Waals surface area contributed by atoms with Gasteiger partial charge in [0, 0.05) is 33.3 Å². The molecule has 312 valence electrons. The molecule has 22 heteroatoms. The van der Waals surface area contributed by atoms with Crippen molar-refractivity contribution in [2.75, 3.05) is 41.5 Å². The third-order valence-corrected chi connectivity index (χ3v) is 8.35. The van der Waals surface area contributed by atoms with E-state index in [0.717, 1.165) is 37.6 Å². The number of rotatable bonds is 15. The van der Waals surface area contributed by atoms with Gasteiger partial charge in [0.15, 0.2) is 34.2 Å². The van der Waals surface area contributed by atoms with Gasteiger partial charge in [0.2, 0.25) is 0 Å². The smallest absolute Gasteiger partial charge is 0.437 e. The van der Waals surface area contributed by atoms with Crippen LogP contribution in [-0.4, -0.2) is 91.5 Å². The van der Waals surface area contributed by atoms with Crippen LogP contribution in [0.3, 0.4) is 0 Å². The SMILES string of the molecule is COC(=O)Oc1cccc(C(=O)N(CCCn2c(=O)oc3c(OC(=O)OC)cccc3c2=O)CCCn2c(=O)oc3c(OC(O)OC)cccc3c2=O)c1OC(=O)OC. The molecule has 3 aromatic carbocycles. The minimum atomic E-state index is -1.72. The van der Waals surface area contributed by atoms with Crippen LogP contribution in [0.5, 0.6) is 23.0 Å². The van der Waals surface area contributed by atoms with Gasteiger partial charge in [-0.1, -0.05) is 18.2 Å². The number of carbonyl (C=O) groups excluding carboxylic acids is 4. The number of para-hydroxylation sites is 3. The number of ether oxygens (including phenoxy) is 8. The van der Waals surface area contributed by atoms with Crippen molar-refractivity contribution in [3.63, 3.8) is 0 Å². The fourth-order valence-electron chi connectivity index (χ4n) is 5.62. The number of aliphatic hydroxyl groups excluding tert-OH is 1. The molecule has 1 amide bonds. The van der Waals surface area contributed by atoms with Crippen molar-refractivity contribution in [1.82, 2.24) is 14.0 Å². The van der Waals surface area contributed by atoms with Gasteiger partial charge in [-0.3, -0.25) is 14.4 Å². The topological polar surface area (TPSA) is 270 Å². The van der Waals surface area contributed by atoms with Gasteiger partial charge in [0.05, 0.1) is 37.7 Å². The first-order valence-corrected chi connectivity index (χ1v) is 17.2. The maximum atomic E-state index is 14.3. The number of fused-ring (bicyclic) bond motifs is 2. The second kappa shape index (κ2) is 19.1. The fraction of sp³-hybridized carbons (Fsp3) is 0.297. The molecule has 1 atom stereocenters. The number of hydrogen-bond acceptors (Lipinski definition) is 19. The number of nitrogens with zero attached hydrogens (tertiary/aromatic N) is 3. The van der Waals surface area contributed by atoms with E-state index in [0.29, 0.717) is 0 Å². The minimum absolute atomic E-state index is 0.0750. The molecule has 0 bridgehead atoms. The van der Waals surface area contributed by atoms with Gasteiger partial charge >= 0.3 is 36.5 Å². The first-order chi connectivity index (χ1) is 28.3. The van der Waals surface area contributed by atoms with Crippen molar-refractivity contribution in [2.24, 2.45) is 0 Å². The van der Waals surface area contributed by atoms with E-state index in [1.54, 1.807) is 0 Å². The van der Waals surface area contributed by atoms with E-state index in [2.05, 4.69) is 18.9 Å². The molecule has 0 aliphatic heterocycles.